The zero-order chi connectivity index (χ0) is 18.0. The second-order valence-corrected chi connectivity index (χ2v) is 7.33. The van der Waals surface area contributed by atoms with E-state index in [4.69, 9.17) is 27.1 Å². The van der Waals surface area contributed by atoms with Crippen LogP contribution >= 0.6 is 11.6 Å². The Hall–Kier alpha value is -1.50. The van der Waals surface area contributed by atoms with E-state index in [-0.39, 0.29) is 18.0 Å². The minimum Gasteiger partial charge on any atom is -0.481 e. The molecule has 0 saturated carbocycles. The summed E-state index contributed by atoms with van der Waals surface area (Å²) in [6.45, 7) is 5.49. The van der Waals surface area contributed by atoms with Gasteiger partial charge in [-0.3, -0.25) is 4.79 Å². The summed E-state index contributed by atoms with van der Waals surface area (Å²) in [7, 11) is 0. The molecular weight excluding hydrogens is 344 g/mol. The van der Waals surface area contributed by atoms with Gasteiger partial charge in [0.05, 0.1) is 10.7 Å². The molecule has 0 bridgehead atoms. The number of hydrogen-bond acceptors (Lipinski definition) is 5. The van der Waals surface area contributed by atoms with Crippen molar-refractivity contribution in [2.45, 2.75) is 38.5 Å². The van der Waals surface area contributed by atoms with Crippen LogP contribution in [0.4, 0.5) is 5.69 Å². The molecule has 2 aliphatic rings. The number of benzene rings is 1. The molecule has 1 unspecified atom stereocenters. The first-order chi connectivity index (χ1) is 12.0. The number of hydrogen-bond donors (Lipinski definition) is 2. The third-order valence-electron chi connectivity index (χ3n) is 5.17. The number of halogens is 1. The highest BCUT2D eigenvalue weighted by molar-refractivity contribution is 6.33. The second-order valence-electron chi connectivity index (χ2n) is 6.92. The van der Waals surface area contributed by atoms with Gasteiger partial charge in [0.2, 0.25) is 0 Å². The summed E-state index contributed by atoms with van der Waals surface area (Å²) in [4.78, 5) is 24.3. The van der Waals surface area contributed by atoms with Crippen LogP contribution in [-0.2, 0) is 16.1 Å². The van der Waals surface area contributed by atoms with Crippen LogP contribution in [0.1, 0.15) is 43.2 Å². The van der Waals surface area contributed by atoms with Crippen LogP contribution in [0, 0.1) is 5.92 Å². The zero-order valence-corrected chi connectivity index (χ0v) is 15.2. The summed E-state index contributed by atoms with van der Waals surface area (Å²) < 4.78 is 0. The van der Waals surface area contributed by atoms with E-state index in [9.17, 15) is 9.90 Å². The smallest absolute Gasteiger partial charge is 0.313 e. The van der Waals surface area contributed by atoms with Crippen molar-refractivity contribution in [3.63, 3.8) is 0 Å². The molecule has 0 spiro atoms. The highest BCUT2D eigenvalue weighted by Crippen LogP contribution is 2.44. The molecule has 3 rings (SSSR count). The first-order valence-electron chi connectivity index (χ1n) is 8.86. The van der Waals surface area contributed by atoms with E-state index in [0.29, 0.717) is 16.5 Å². The summed E-state index contributed by atoms with van der Waals surface area (Å²) >= 11 is 6.24. The Morgan fingerprint density at radius 3 is 2.80 bits per heavy atom. The number of fused-ring (bicyclic) bond motifs is 1. The Kier molecular flexibility index (Phi) is 5.71. The monoisotopic (exact) mass is 368 g/mol. The predicted octanol–water partition coefficient (Wildman–Crippen LogP) is 3.08. The topological polar surface area (TPSA) is 85.0 Å². The lowest BCUT2D eigenvalue weighted by molar-refractivity contribution is -0.222. The molecule has 1 aromatic carbocycles. The number of carbonyl (C=O) groups is 1. The van der Waals surface area contributed by atoms with Gasteiger partial charge < -0.3 is 20.6 Å². The Balaban J connectivity index is 1.84. The predicted molar refractivity (Wildman–Crippen MR) is 96.0 cm³/mol. The van der Waals surface area contributed by atoms with Gasteiger partial charge in [-0.25, -0.2) is 0 Å². The van der Waals surface area contributed by atoms with Gasteiger partial charge in [-0.1, -0.05) is 18.5 Å². The summed E-state index contributed by atoms with van der Waals surface area (Å²) in [5, 5.41) is 9.93. The molecule has 25 heavy (non-hydrogen) atoms. The Morgan fingerprint density at radius 2 is 2.16 bits per heavy atom. The van der Waals surface area contributed by atoms with Crippen LogP contribution < -0.4 is 10.6 Å². The van der Waals surface area contributed by atoms with Crippen LogP contribution in [0.3, 0.4) is 0 Å². The third-order valence-corrected chi connectivity index (χ3v) is 5.49. The van der Waals surface area contributed by atoms with Crippen molar-refractivity contribution in [1.29, 1.82) is 0 Å². The Bertz CT molecular complexity index is 644. The number of piperidine rings is 1. The highest BCUT2D eigenvalue weighted by Gasteiger charge is 2.34. The Morgan fingerprint density at radius 1 is 1.44 bits per heavy atom. The van der Waals surface area contributed by atoms with Crippen molar-refractivity contribution in [1.82, 2.24) is 4.90 Å². The molecule has 0 aliphatic carbocycles. The molecule has 1 atom stereocenters. The van der Waals surface area contributed by atoms with Gasteiger partial charge in [-0.15, -0.1) is 0 Å². The average molecular weight is 369 g/mol. The minimum absolute atomic E-state index is 0.0225. The van der Waals surface area contributed by atoms with Gasteiger partial charge in [0.25, 0.3) is 0 Å². The second kappa shape index (κ2) is 7.81. The van der Waals surface area contributed by atoms with Crippen LogP contribution in [0.2, 0.25) is 5.02 Å². The summed E-state index contributed by atoms with van der Waals surface area (Å²) in [5.74, 6) is -0.942. The molecule has 7 heteroatoms. The fourth-order valence-corrected chi connectivity index (χ4v) is 4.05. The molecule has 138 valence electrons. The summed E-state index contributed by atoms with van der Waals surface area (Å²) in [6, 6.07) is 1.80. The maximum absolute atomic E-state index is 11.7. The lowest BCUT2D eigenvalue weighted by atomic mass is 9.84. The van der Waals surface area contributed by atoms with E-state index < -0.39 is 11.9 Å². The van der Waals surface area contributed by atoms with Gasteiger partial charge in [0.1, 0.15) is 12.5 Å². The van der Waals surface area contributed by atoms with E-state index in [0.717, 1.165) is 44.5 Å². The number of anilines is 1. The van der Waals surface area contributed by atoms with Crippen molar-refractivity contribution < 1.29 is 19.7 Å². The minimum atomic E-state index is -0.940. The van der Waals surface area contributed by atoms with Crippen LogP contribution in [0.25, 0.3) is 0 Å². The van der Waals surface area contributed by atoms with Crippen LogP contribution in [0.15, 0.2) is 6.07 Å². The highest BCUT2D eigenvalue weighted by atomic mass is 35.5. The molecule has 1 fully saturated rings. The molecule has 6 nitrogen and oxygen atoms in total. The largest absolute Gasteiger partial charge is 0.481 e. The molecule has 0 amide bonds. The van der Waals surface area contributed by atoms with Gasteiger partial charge >= 0.3 is 5.97 Å². The Labute approximate surface area is 152 Å². The molecule has 1 saturated heterocycles. The van der Waals surface area contributed by atoms with E-state index in [1.807, 2.05) is 0 Å². The molecule has 2 heterocycles. The normalized spacial score (nSPS) is 21.6. The maximum Gasteiger partial charge on any atom is 0.313 e. The van der Waals surface area contributed by atoms with Crippen molar-refractivity contribution in [2.24, 2.45) is 5.92 Å². The lowest BCUT2D eigenvalue weighted by Gasteiger charge is -2.33. The molecular formula is C18H25ClN2O4. The van der Waals surface area contributed by atoms with Crippen molar-refractivity contribution in [3.05, 3.63) is 22.2 Å². The average Bonchev–Trinajstić information content (AvgIpc) is 2.60. The SMILES string of the molecule is CCCN1CCC(Cc2cc(Cl)c(N)c3c2C(C(=O)O)COO3)CC1. The standard InChI is InChI=1S/C18H25ClN2O4/c1-2-5-21-6-3-11(4-7-21)8-12-9-14(19)16(20)17-15(12)13(18(22)23)10-24-25-17/h9,11,13H,2-8,10,20H2,1H3,(H,22,23). The number of carboxylic acid groups (broad SMARTS) is 1. The fourth-order valence-electron chi connectivity index (χ4n) is 3.83. The van der Waals surface area contributed by atoms with Crippen molar-refractivity contribution in [3.8, 4) is 5.75 Å². The number of nitrogen functional groups attached to an aromatic ring is 1. The molecule has 3 N–H and O–H groups in total. The number of rotatable bonds is 5. The number of carboxylic acids is 1. The number of likely N-dealkylation sites (tertiary alicyclic amines) is 1. The number of nitrogens with zero attached hydrogens (tertiary/aromatic N) is 1. The van der Waals surface area contributed by atoms with Crippen LogP contribution in [-0.4, -0.2) is 42.2 Å². The maximum atomic E-state index is 11.7. The first-order valence-corrected chi connectivity index (χ1v) is 9.24. The summed E-state index contributed by atoms with van der Waals surface area (Å²) in [6.07, 6.45) is 4.16. The number of aliphatic carboxylic acids is 1. The molecule has 2 aliphatic heterocycles. The molecule has 0 radical (unpaired) electrons. The third kappa shape index (κ3) is 3.86. The van der Waals surface area contributed by atoms with Crippen molar-refractivity contribution in [2.75, 3.05) is 32.0 Å². The van der Waals surface area contributed by atoms with Gasteiger partial charge in [-0.2, -0.15) is 4.89 Å². The molecule has 1 aromatic rings. The quantitative estimate of drug-likeness (QED) is 0.613. The lowest BCUT2D eigenvalue weighted by Crippen LogP contribution is -2.35. The molecule has 0 aromatic heterocycles. The number of nitrogens with two attached hydrogens (primary N) is 1. The fraction of sp³-hybridized carbons (Fsp3) is 0.611. The van der Waals surface area contributed by atoms with Gasteiger partial charge in [0, 0.05) is 5.56 Å². The van der Waals surface area contributed by atoms with Gasteiger partial charge in [-0.05, 0) is 62.9 Å². The summed E-state index contributed by atoms with van der Waals surface area (Å²) in [5.41, 5.74) is 7.76. The zero-order valence-electron chi connectivity index (χ0n) is 14.5. The van der Waals surface area contributed by atoms with E-state index >= 15 is 0 Å². The van der Waals surface area contributed by atoms with E-state index in [1.165, 1.54) is 6.42 Å². The van der Waals surface area contributed by atoms with Crippen LogP contribution in [0.5, 0.6) is 5.75 Å². The van der Waals surface area contributed by atoms with Crippen molar-refractivity contribution >= 4 is 23.3 Å². The van der Waals surface area contributed by atoms with Gasteiger partial charge in [0.15, 0.2) is 5.75 Å². The van der Waals surface area contributed by atoms with E-state index in [1.54, 1.807) is 6.07 Å². The first kappa shape index (κ1) is 18.3. The van der Waals surface area contributed by atoms with E-state index in [2.05, 4.69) is 11.8 Å².